The molecule has 1 heteroatoms. The van der Waals surface area contributed by atoms with E-state index in [9.17, 15) is 0 Å². The zero-order valence-corrected chi connectivity index (χ0v) is 10.7. The maximum Gasteiger partial charge on any atom is 0.120 e. The van der Waals surface area contributed by atoms with E-state index in [4.69, 9.17) is 4.74 Å². The minimum Gasteiger partial charge on any atom is -0.489 e. The van der Waals surface area contributed by atoms with Crippen molar-refractivity contribution < 1.29 is 4.74 Å². The first-order valence-corrected chi connectivity index (χ1v) is 5.90. The number of aryl methyl sites for hydroxylation is 3. The predicted molar refractivity (Wildman–Crippen MR) is 71.4 cm³/mol. The maximum absolute atomic E-state index is 5.78. The molecule has 0 radical (unpaired) electrons. The van der Waals surface area contributed by atoms with Crippen LogP contribution in [0.5, 0.6) is 5.75 Å². The van der Waals surface area contributed by atoms with E-state index in [0.717, 1.165) is 5.75 Å². The Balaban J connectivity index is 2.07. The number of hydrogen-bond acceptors (Lipinski definition) is 1. The van der Waals surface area contributed by atoms with E-state index in [0.29, 0.717) is 6.61 Å². The summed E-state index contributed by atoms with van der Waals surface area (Å²) in [6.07, 6.45) is 0. The van der Waals surface area contributed by atoms with Gasteiger partial charge in [0.15, 0.2) is 0 Å². The maximum atomic E-state index is 5.78. The first-order chi connectivity index (χ1) is 8.13. The summed E-state index contributed by atoms with van der Waals surface area (Å²) in [4.78, 5) is 0. The highest BCUT2D eigenvalue weighted by molar-refractivity contribution is 5.30. The molecule has 0 fully saturated rings. The van der Waals surface area contributed by atoms with Crippen LogP contribution < -0.4 is 4.74 Å². The molecule has 88 valence electrons. The predicted octanol–water partition coefficient (Wildman–Crippen LogP) is 4.19. The molecular formula is C16H18O. The molecule has 0 saturated carbocycles. The molecule has 0 bridgehead atoms. The molecule has 0 amide bonds. The lowest BCUT2D eigenvalue weighted by molar-refractivity contribution is 0.306. The van der Waals surface area contributed by atoms with Crippen molar-refractivity contribution in [3.8, 4) is 5.75 Å². The Hall–Kier alpha value is -1.76. The Morgan fingerprint density at radius 3 is 2.18 bits per heavy atom. The molecule has 0 aliphatic heterocycles. The van der Waals surface area contributed by atoms with Crippen LogP contribution in [-0.4, -0.2) is 0 Å². The van der Waals surface area contributed by atoms with Gasteiger partial charge in [0, 0.05) is 0 Å². The zero-order valence-electron chi connectivity index (χ0n) is 10.7. The van der Waals surface area contributed by atoms with Crippen molar-refractivity contribution in [2.75, 3.05) is 0 Å². The summed E-state index contributed by atoms with van der Waals surface area (Å²) in [5.41, 5.74) is 5.02. The van der Waals surface area contributed by atoms with Crippen LogP contribution in [0.2, 0.25) is 0 Å². The molecule has 1 nitrogen and oxygen atoms in total. The molecule has 0 saturated heterocycles. The largest absolute Gasteiger partial charge is 0.489 e. The van der Waals surface area contributed by atoms with Gasteiger partial charge in [0.25, 0.3) is 0 Å². The third kappa shape index (κ3) is 3.35. The lowest BCUT2D eigenvalue weighted by Crippen LogP contribution is -1.96. The molecule has 2 rings (SSSR count). The monoisotopic (exact) mass is 226 g/mol. The fourth-order valence-corrected chi connectivity index (χ4v) is 2.02. The zero-order chi connectivity index (χ0) is 12.3. The molecule has 0 aromatic heterocycles. The van der Waals surface area contributed by atoms with E-state index in [2.05, 4.69) is 51.1 Å². The average Bonchev–Trinajstić information content (AvgIpc) is 2.25. The van der Waals surface area contributed by atoms with Crippen molar-refractivity contribution in [3.05, 3.63) is 64.7 Å². The highest BCUT2D eigenvalue weighted by Gasteiger charge is 1.98. The van der Waals surface area contributed by atoms with Gasteiger partial charge in [-0.2, -0.15) is 0 Å². The highest BCUT2D eigenvalue weighted by atomic mass is 16.5. The number of rotatable bonds is 3. The van der Waals surface area contributed by atoms with Crippen LogP contribution in [0, 0.1) is 20.8 Å². The van der Waals surface area contributed by atoms with Crippen LogP contribution in [0.3, 0.4) is 0 Å². The van der Waals surface area contributed by atoms with Crippen molar-refractivity contribution in [2.45, 2.75) is 27.4 Å². The number of hydrogen-bond donors (Lipinski definition) is 0. The minimum atomic E-state index is 0.631. The van der Waals surface area contributed by atoms with Crippen LogP contribution in [0.25, 0.3) is 0 Å². The third-order valence-electron chi connectivity index (χ3n) is 2.68. The Labute approximate surface area is 103 Å². The lowest BCUT2D eigenvalue weighted by Gasteiger charge is -2.08. The van der Waals surface area contributed by atoms with E-state index in [1.54, 1.807) is 0 Å². The highest BCUT2D eigenvalue weighted by Crippen LogP contribution is 2.16. The SMILES string of the molecule is Cc1cc(C)cc(COc2cccc(C)c2)c1. The summed E-state index contributed by atoms with van der Waals surface area (Å²) in [6, 6.07) is 14.7. The molecule has 2 aromatic carbocycles. The minimum absolute atomic E-state index is 0.631. The summed E-state index contributed by atoms with van der Waals surface area (Å²) in [5.74, 6) is 0.934. The van der Waals surface area contributed by atoms with E-state index >= 15 is 0 Å². The van der Waals surface area contributed by atoms with E-state index in [1.165, 1.54) is 22.3 Å². The number of ether oxygens (including phenoxy) is 1. The van der Waals surface area contributed by atoms with Crippen LogP contribution in [0.1, 0.15) is 22.3 Å². The van der Waals surface area contributed by atoms with Crippen molar-refractivity contribution in [1.29, 1.82) is 0 Å². The Morgan fingerprint density at radius 1 is 0.824 bits per heavy atom. The summed E-state index contributed by atoms with van der Waals surface area (Å²) in [7, 11) is 0. The number of benzene rings is 2. The van der Waals surface area contributed by atoms with Crippen molar-refractivity contribution in [2.24, 2.45) is 0 Å². The van der Waals surface area contributed by atoms with Gasteiger partial charge in [0.05, 0.1) is 0 Å². The Morgan fingerprint density at radius 2 is 1.53 bits per heavy atom. The molecule has 17 heavy (non-hydrogen) atoms. The van der Waals surface area contributed by atoms with Crippen LogP contribution in [0.4, 0.5) is 0 Å². The van der Waals surface area contributed by atoms with Crippen molar-refractivity contribution in [1.82, 2.24) is 0 Å². The lowest BCUT2D eigenvalue weighted by atomic mass is 10.1. The first-order valence-electron chi connectivity index (χ1n) is 5.90. The average molecular weight is 226 g/mol. The molecule has 0 N–H and O–H groups in total. The molecule has 0 aliphatic rings. The summed E-state index contributed by atoms with van der Waals surface area (Å²) in [5, 5.41) is 0. The molecule has 0 spiro atoms. The molecule has 0 aliphatic carbocycles. The third-order valence-corrected chi connectivity index (χ3v) is 2.68. The van der Waals surface area contributed by atoms with Gasteiger partial charge in [-0.15, -0.1) is 0 Å². The van der Waals surface area contributed by atoms with Gasteiger partial charge in [-0.05, 0) is 44.0 Å². The van der Waals surface area contributed by atoms with Crippen LogP contribution in [-0.2, 0) is 6.61 Å². The van der Waals surface area contributed by atoms with Gasteiger partial charge in [0.2, 0.25) is 0 Å². The first kappa shape index (κ1) is 11.7. The topological polar surface area (TPSA) is 9.23 Å². The summed E-state index contributed by atoms with van der Waals surface area (Å²) < 4.78 is 5.78. The van der Waals surface area contributed by atoms with Crippen LogP contribution >= 0.6 is 0 Å². The second-order valence-corrected chi connectivity index (χ2v) is 4.60. The van der Waals surface area contributed by atoms with Crippen molar-refractivity contribution >= 4 is 0 Å². The normalized spacial score (nSPS) is 10.3. The van der Waals surface area contributed by atoms with Gasteiger partial charge in [0.1, 0.15) is 12.4 Å². The van der Waals surface area contributed by atoms with Gasteiger partial charge < -0.3 is 4.74 Å². The van der Waals surface area contributed by atoms with Gasteiger partial charge >= 0.3 is 0 Å². The fourth-order valence-electron chi connectivity index (χ4n) is 2.02. The second kappa shape index (κ2) is 5.05. The quantitative estimate of drug-likeness (QED) is 0.762. The molecule has 0 unspecified atom stereocenters. The Kier molecular flexibility index (Phi) is 3.48. The molecule has 2 aromatic rings. The standard InChI is InChI=1S/C16H18O/c1-12-5-4-6-16(10-12)17-11-15-8-13(2)7-14(3)9-15/h4-10H,11H2,1-3H3. The Bertz CT molecular complexity index is 494. The van der Waals surface area contributed by atoms with Crippen molar-refractivity contribution in [3.63, 3.8) is 0 Å². The smallest absolute Gasteiger partial charge is 0.120 e. The summed E-state index contributed by atoms with van der Waals surface area (Å²) >= 11 is 0. The second-order valence-electron chi connectivity index (χ2n) is 4.60. The molecule has 0 heterocycles. The molecule has 0 atom stereocenters. The fraction of sp³-hybridized carbons (Fsp3) is 0.250. The van der Waals surface area contributed by atoms with E-state index in [-0.39, 0.29) is 0 Å². The van der Waals surface area contributed by atoms with Gasteiger partial charge in [-0.25, -0.2) is 0 Å². The van der Waals surface area contributed by atoms with Gasteiger partial charge in [-0.1, -0.05) is 41.5 Å². The van der Waals surface area contributed by atoms with Crippen LogP contribution in [0.15, 0.2) is 42.5 Å². The van der Waals surface area contributed by atoms with Gasteiger partial charge in [-0.3, -0.25) is 0 Å². The summed E-state index contributed by atoms with van der Waals surface area (Å²) in [6.45, 7) is 6.93. The molecular weight excluding hydrogens is 208 g/mol. The van der Waals surface area contributed by atoms with E-state index in [1.807, 2.05) is 12.1 Å². The van der Waals surface area contributed by atoms with E-state index < -0.39 is 0 Å².